The van der Waals surface area contributed by atoms with E-state index in [0.717, 1.165) is 10.4 Å². The van der Waals surface area contributed by atoms with E-state index in [0.29, 0.717) is 15.8 Å². The zero-order chi connectivity index (χ0) is 14.3. The molecule has 1 aromatic carbocycles. The van der Waals surface area contributed by atoms with Gasteiger partial charge in [0.05, 0.1) is 11.9 Å². The van der Waals surface area contributed by atoms with Gasteiger partial charge in [0.1, 0.15) is 5.82 Å². The Morgan fingerprint density at radius 1 is 1.35 bits per heavy atom. The number of aryl methyl sites for hydroxylation is 2. The van der Waals surface area contributed by atoms with E-state index in [4.69, 9.17) is 0 Å². The Bertz CT molecular complexity index is 853. The van der Waals surface area contributed by atoms with Crippen LogP contribution in [0.3, 0.4) is 0 Å². The summed E-state index contributed by atoms with van der Waals surface area (Å²) < 4.78 is 14.4. The number of thiophene rings is 1. The highest BCUT2D eigenvalue weighted by Gasteiger charge is 2.13. The maximum absolute atomic E-state index is 13.2. The molecule has 0 fully saturated rings. The molecule has 0 atom stereocenters. The lowest BCUT2D eigenvalue weighted by Gasteiger charge is -2.04. The highest BCUT2D eigenvalue weighted by atomic mass is 32.1. The molecule has 0 bridgehead atoms. The van der Waals surface area contributed by atoms with E-state index < -0.39 is 0 Å². The van der Waals surface area contributed by atoms with Crippen molar-refractivity contribution < 1.29 is 4.39 Å². The molecule has 0 aliphatic heterocycles. The van der Waals surface area contributed by atoms with Gasteiger partial charge in [-0.1, -0.05) is 17.3 Å². The molecule has 4 nitrogen and oxygen atoms in total. The number of nitrogens with zero attached hydrogens (tertiary/aromatic N) is 3. The molecule has 0 aliphatic rings. The van der Waals surface area contributed by atoms with E-state index in [1.54, 1.807) is 12.1 Å². The summed E-state index contributed by atoms with van der Waals surface area (Å²) in [6.07, 6.45) is 0. The molecule has 0 N–H and O–H groups in total. The molecule has 2 heterocycles. The Morgan fingerprint density at radius 3 is 2.90 bits per heavy atom. The molecule has 3 rings (SSSR count). The van der Waals surface area contributed by atoms with E-state index in [-0.39, 0.29) is 17.9 Å². The summed E-state index contributed by atoms with van der Waals surface area (Å²) in [7, 11) is 0. The third-order valence-electron chi connectivity index (χ3n) is 3.28. The van der Waals surface area contributed by atoms with Crippen molar-refractivity contribution in [3.8, 4) is 0 Å². The number of hydrogen-bond donors (Lipinski definition) is 0. The van der Waals surface area contributed by atoms with E-state index in [1.165, 1.54) is 28.2 Å². The molecule has 20 heavy (non-hydrogen) atoms. The predicted octanol–water partition coefficient (Wildman–Crippen LogP) is 2.66. The molecule has 0 spiro atoms. The lowest BCUT2D eigenvalue weighted by molar-refractivity contribution is 0.591. The second kappa shape index (κ2) is 4.79. The summed E-state index contributed by atoms with van der Waals surface area (Å²) in [5.41, 5.74) is 1.45. The lowest BCUT2D eigenvalue weighted by atomic mass is 10.2. The first-order chi connectivity index (χ1) is 9.56. The number of hydrogen-bond acceptors (Lipinski definition) is 4. The SMILES string of the molecule is Cc1sc2nnn(Cc3cccc(F)c3)c(=O)c2c1C. The van der Waals surface area contributed by atoms with E-state index in [2.05, 4.69) is 10.3 Å². The Labute approximate surface area is 118 Å². The van der Waals surface area contributed by atoms with Crippen molar-refractivity contribution in [1.29, 1.82) is 0 Å². The molecule has 3 aromatic rings. The van der Waals surface area contributed by atoms with Crippen LogP contribution in [0.2, 0.25) is 0 Å². The quantitative estimate of drug-likeness (QED) is 0.728. The van der Waals surface area contributed by atoms with Gasteiger partial charge >= 0.3 is 0 Å². The third-order valence-corrected chi connectivity index (χ3v) is 4.37. The molecule has 0 amide bonds. The Morgan fingerprint density at radius 2 is 2.15 bits per heavy atom. The normalized spacial score (nSPS) is 11.2. The van der Waals surface area contributed by atoms with Crippen LogP contribution in [0.4, 0.5) is 4.39 Å². The van der Waals surface area contributed by atoms with Gasteiger partial charge in [0.2, 0.25) is 0 Å². The second-order valence-corrected chi connectivity index (χ2v) is 5.85. The van der Waals surface area contributed by atoms with E-state index in [1.807, 2.05) is 13.8 Å². The summed E-state index contributed by atoms with van der Waals surface area (Å²) in [5, 5.41) is 8.62. The van der Waals surface area contributed by atoms with Crippen LogP contribution in [0, 0.1) is 19.7 Å². The van der Waals surface area contributed by atoms with Crippen LogP contribution in [0.25, 0.3) is 10.2 Å². The van der Waals surface area contributed by atoms with Crippen molar-refractivity contribution in [1.82, 2.24) is 15.0 Å². The van der Waals surface area contributed by atoms with Gasteiger partial charge in [0.25, 0.3) is 5.56 Å². The number of benzene rings is 1. The molecular formula is C14H12FN3OS. The molecule has 6 heteroatoms. The third kappa shape index (κ3) is 2.12. The maximum Gasteiger partial charge on any atom is 0.279 e. The fourth-order valence-electron chi connectivity index (χ4n) is 2.11. The standard InChI is InChI=1S/C14H12FN3OS/c1-8-9(2)20-13-12(8)14(19)18(17-16-13)7-10-4-3-5-11(15)6-10/h3-6H,7H2,1-2H3. The Kier molecular flexibility index (Phi) is 3.10. The monoisotopic (exact) mass is 289 g/mol. The van der Waals surface area contributed by atoms with Crippen molar-refractivity contribution in [3.05, 3.63) is 56.4 Å². The molecule has 0 saturated carbocycles. The van der Waals surface area contributed by atoms with E-state index >= 15 is 0 Å². The van der Waals surface area contributed by atoms with Crippen molar-refractivity contribution in [3.63, 3.8) is 0 Å². The number of aromatic nitrogens is 3. The lowest BCUT2D eigenvalue weighted by Crippen LogP contribution is -2.24. The fraction of sp³-hybridized carbons (Fsp3) is 0.214. The van der Waals surface area contributed by atoms with Crippen LogP contribution in [0.15, 0.2) is 29.1 Å². The van der Waals surface area contributed by atoms with Crippen LogP contribution in [0.5, 0.6) is 0 Å². The summed E-state index contributed by atoms with van der Waals surface area (Å²) in [4.78, 5) is 14.1. The zero-order valence-electron chi connectivity index (χ0n) is 11.1. The van der Waals surface area contributed by atoms with Crippen LogP contribution < -0.4 is 5.56 Å². The van der Waals surface area contributed by atoms with Crippen LogP contribution >= 0.6 is 11.3 Å². The summed E-state index contributed by atoms with van der Waals surface area (Å²) >= 11 is 1.46. The van der Waals surface area contributed by atoms with Gasteiger partial charge in [0, 0.05) is 4.88 Å². The summed E-state index contributed by atoms with van der Waals surface area (Å²) in [5.74, 6) is -0.327. The van der Waals surface area contributed by atoms with Crippen molar-refractivity contribution in [2.45, 2.75) is 20.4 Å². The molecule has 0 unspecified atom stereocenters. The average molecular weight is 289 g/mol. The van der Waals surface area contributed by atoms with Gasteiger partial charge in [-0.25, -0.2) is 9.07 Å². The summed E-state index contributed by atoms with van der Waals surface area (Å²) in [6, 6.07) is 6.13. The van der Waals surface area contributed by atoms with Crippen molar-refractivity contribution >= 4 is 21.6 Å². The van der Waals surface area contributed by atoms with E-state index in [9.17, 15) is 9.18 Å². The van der Waals surface area contributed by atoms with Crippen molar-refractivity contribution in [2.75, 3.05) is 0 Å². The molecular weight excluding hydrogens is 277 g/mol. The number of halogens is 1. The highest BCUT2D eigenvalue weighted by Crippen LogP contribution is 2.24. The smallest absolute Gasteiger partial charge is 0.267 e. The van der Waals surface area contributed by atoms with Crippen LogP contribution in [-0.2, 0) is 6.54 Å². The van der Waals surface area contributed by atoms with Gasteiger partial charge in [0.15, 0.2) is 4.83 Å². The molecule has 0 saturated heterocycles. The largest absolute Gasteiger partial charge is 0.279 e. The van der Waals surface area contributed by atoms with Gasteiger partial charge in [-0.3, -0.25) is 4.79 Å². The zero-order valence-corrected chi connectivity index (χ0v) is 11.9. The topological polar surface area (TPSA) is 47.8 Å². The minimum Gasteiger partial charge on any atom is -0.267 e. The van der Waals surface area contributed by atoms with Crippen LogP contribution in [0.1, 0.15) is 16.0 Å². The van der Waals surface area contributed by atoms with Crippen LogP contribution in [-0.4, -0.2) is 15.0 Å². The summed E-state index contributed by atoms with van der Waals surface area (Å²) in [6.45, 7) is 4.08. The minimum atomic E-state index is -0.327. The maximum atomic E-state index is 13.2. The number of rotatable bonds is 2. The molecule has 2 aromatic heterocycles. The molecule has 102 valence electrons. The first-order valence-electron chi connectivity index (χ1n) is 6.14. The average Bonchev–Trinajstić information content (AvgIpc) is 2.69. The van der Waals surface area contributed by atoms with Gasteiger partial charge in [-0.05, 0) is 37.1 Å². The second-order valence-electron chi connectivity index (χ2n) is 4.65. The van der Waals surface area contributed by atoms with Gasteiger partial charge < -0.3 is 0 Å². The minimum absolute atomic E-state index is 0.180. The number of fused-ring (bicyclic) bond motifs is 1. The first kappa shape index (κ1) is 12.9. The van der Waals surface area contributed by atoms with Gasteiger partial charge in [-0.15, -0.1) is 16.4 Å². The van der Waals surface area contributed by atoms with Gasteiger partial charge in [-0.2, -0.15) is 0 Å². The highest BCUT2D eigenvalue weighted by molar-refractivity contribution is 7.18. The first-order valence-corrected chi connectivity index (χ1v) is 6.96. The predicted molar refractivity (Wildman–Crippen MR) is 76.7 cm³/mol. The Hall–Kier alpha value is -2.08. The van der Waals surface area contributed by atoms with Crippen molar-refractivity contribution in [2.24, 2.45) is 0 Å². The molecule has 0 aliphatic carbocycles. The fourth-order valence-corrected chi connectivity index (χ4v) is 3.07. The molecule has 0 radical (unpaired) electrons. The Balaban J connectivity index is 2.11.